The van der Waals surface area contributed by atoms with Crippen molar-refractivity contribution in [2.45, 2.75) is 217 Å². The first kappa shape index (κ1) is 103. The van der Waals surface area contributed by atoms with Crippen LogP contribution >= 0.6 is 0 Å². The molecule has 2 bridgehead atoms. The molecule has 0 aliphatic heterocycles. The van der Waals surface area contributed by atoms with Crippen LogP contribution in [-0.4, -0.2) is 265 Å². The number of carbonyl (C=O) groups excluding carboxylic acids is 10. The van der Waals surface area contributed by atoms with E-state index >= 15 is 0 Å². The first-order valence-corrected chi connectivity index (χ1v) is 47.8. The van der Waals surface area contributed by atoms with Crippen molar-refractivity contribution < 1.29 is 100 Å². The fourth-order valence-electron chi connectivity index (χ4n) is 13.9. The van der Waals surface area contributed by atoms with Crippen LogP contribution in [-0.2, 0) is 109 Å². The molecular weight excluding hydrogens is 1620 g/mol. The summed E-state index contributed by atoms with van der Waals surface area (Å²) in [7, 11) is -16.8. The van der Waals surface area contributed by atoms with E-state index < -0.39 is 187 Å². The Morgan fingerprint density at radius 1 is 0.538 bits per heavy atom. The van der Waals surface area contributed by atoms with Gasteiger partial charge in [0.2, 0.25) is 65.5 Å². The van der Waals surface area contributed by atoms with Gasteiger partial charge in [-0.1, -0.05) is 107 Å². The highest BCUT2D eigenvalue weighted by molar-refractivity contribution is 7.91. The Balaban J connectivity index is 0.000000457. The molecule has 37 nitrogen and oxygen atoms in total. The van der Waals surface area contributed by atoms with E-state index in [1.807, 2.05) is 13.8 Å². The predicted molar refractivity (Wildman–Crippen MR) is 444 cm³/mol. The number of amidine groups is 3. The Kier molecular flexibility index (Phi) is 43.6. The topological polar surface area (TPSA) is 588 Å². The van der Waals surface area contributed by atoms with Gasteiger partial charge >= 0.3 is 0 Å². The second-order valence-electron chi connectivity index (χ2n) is 31.2. The average molecular weight is 1750 g/mol. The highest BCUT2D eigenvalue weighted by atomic mass is 32.2. The summed E-state index contributed by atoms with van der Waals surface area (Å²) >= 11 is 0. The maximum atomic E-state index is 13.5. The van der Waals surface area contributed by atoms with Gasteiger partial charge in [-0.3, -0.25) is 48.5 Å². The number of Topliss-reactive ketones (excluding diaryl/α,β-unsaturated/α-hetero) is 1. The molecule has 9 atom stereocenters. The summed E-state index contributed by atoms with van der Waals surface area (Å²) in [5, 5.41) is 29.0. The maximum Gasteiger partial charge on any atom is 0.243 e. The molecule has 0 spiro atoms. The minimum atomic E-state index is -4.21. The van der Waals surface area contributed by atoms with E-state index in [9.17, 15) is 100 Å². The molecule has 0 aromatic heterocycles. The molecule has 42 heteroatoms. The highest BCUT2D eigenvalue weighted by Gasteiger charge is 2.56. The third-order valence-corrected chi connectivity index (χ3v) is 25.9. The van der Waals surface area contributed by atoms with Crippen LogP contribution < -0.4 is 52.6 Å². The zero-order valence-electron chi connectivity index (χ0n) is 68.4. The van der Waals surface area contributed by atoms with Crippen molar-refractivity contribution in [1.29, 1.82) is 0 Å². The molecule has 9 unspecified atom stereocenters. The van der Waals surface area contributed by atoms with Crippen LogP contribution in [0.1, 0.15) is 168 Å². The highest BCUT2D eigenvalue weighted by Crippen LogP contribution is 2.57. The van der Waals surface area contributed by atoms with Gasteiger partial charge in [0.15, 0.2) is 6.29 Å². The van der Waals surface area contributed by atoms with E-state index in [0.29, 0.717) is 131 Å². The standard InChI is InChI=1S/C28H45N5O7S2.C26H45N5O8S2.C21H33N5O7S/c1-21(29)30-16-9-14-24(19-34)31-28(36)26(18-22-10-5-3-6-11-22)32-27(35)25(15-17-41(2,37)38)33-42(39,40)20-23-12-7-4-8-13-23;1-18(27)28-11-6-7-20(15-32)29-23(34)14-31(4)24(35)21(9-12-40(5,36)37)30-41(38,39)17-26-10-8-19(13-22(26)33)25(2,3)16-26;1-15(22)23-10-6-9-17(13-27)24-19(28)12-26(2)21(31)18(11-20(29)30)25-34(32,33)14-16-7-4-3-5-8-16/h4,7-8,12-13,19,22,24-26,33H,3,5-6,9-11,14-18,20H2,1-2H3,(H2,29,30)(H,31,36)(H,32,35);15,19-21,30H,6-14,16-17H2,1-5H3,(H2,27,28)(H,29,34);3-5,7-8,13,17-18,20,25,29-30H,6,9-12,14H2,1-2H3,(H2,22,23)(H,24,28). The van der Waals surface area contributed by atoms with Crippen LogP contribution in [0.3, 0.4) is 0 Å². The summed E-state index contributed by atoms with van der Waals surface area (Å²) in [6, 6.07) is 8.78. The lowest BCUT2D eigenvalue weighted by Crippen LogP contribution is -2.57. The number of fused-ring (bicyclic) bond motifs is 3. The number of hydrogen-bond donors (Lipinski definition) is 12. The first-order chi connectivity index (χ1) is 54.5. The van der Waals surface area contributed by atoms with Crippen molar-refractivity contribution in [2.75, 3.05) is 76.6 Å². The SMILES string of the molecule is CC(N)=NCCCC(C=O)NC(=O)C(CC1CCCCC1)NC(=O)C(CCS(C)(=O)=O)NS(=O)(=O)Cc1ccccc1.CC(N)=NCCCC(C=O)NC(=O)CN(C)C(=O)C(CC(O)O)NS(=O)(=O)Cc1ccccc1.CC(N)=NCCCC(C=O)NC(=O)CN(C)C(=O)C(CCS(C)(=O)=O)NS(=O)(=O)CC12CCC(CC1=O)C(C)(C)C2. The largest absolute Gasteiger partial charge is 0.388 e. The van der Waals surface area contributed by atoms with Crippen LogP contribution in [0.25, 0.3) is 0 Å². The second-order valence-corrected chi connectivity index (χ2v) is 41.0. The third-order valence-electron chi connectivity index (χ3n) is 19.7. The number of nitrogens with two attached hydrogens (primary N) is 3. The van der Waals surface area contributed by atoms with Crippen molar-refractivity contribution in [3.8, 4) is 0 Å². The number of rotatable bonds is 49. The van der Waals surface area contributed by atoms with Crippen LogP contribution in [0.5, 0.6) is 0 Å². The number of aliphatic hydroxyl groups is 2. The minimum Gasteiger partial charge on any atom is -0.388 e. The quantitative estimate of drug-likeness (QED) is 0.0130. The van der Waals surface area contributed by atoms with Gasteiger partial charge < -0.3 is 72.9 Å². The second kappa shape index (κ2) is 49.5. The van der Waals surface area contributed by atoms with Crippen LogP contribution in [0.15, 0.2) is 75.6 Å². The van der Waals surface area contributed by atoms with E-state index in [2.05, 4.69) is 50.4 Å². The van der Waals surface area contributed by atoms with Crippen molar-refractivity contribution >= 4 is 127 Å². The molecule has 4 aliphatic rings. The van der Waals surface area contributed by atoms with Crippen LogP contribution in [0, 0.1) is 22.7 Å². The van der Waals surface area contributed by atoms with Crippen LogP contribution in [0.4, 0.5) is 0 Å². The number of hydrogen-bond acceptors (Lipinski definition) is 25. The normalized spacial score (nSPS) is 18.6. The van der Waals surface area contributed by atoms with E-state index in [-0.39, 0.29) is 35.9 Å². The lowest BCUT2D eigenvalue weighted by atomic mass is 9.51. The Bertz CT molecular complexity index is 4300. The molecule has 6 amide bonds. The fraction of sp³-hybridized carbons (Fsp3) is 0.667. The summed E-state index contributed by atoms with van der Waals surface area (Å²) in [6.07, 6.45) is 10.1. The lowest BCUT2D eigenvalue weighted by Gasteiger charge is -2.53. The van der Waals surface area contributed by atoms with E-state index in [4.69, 9.17) is 17.2 Å². The van der Waals surface area contributed by atoms with Crippen molar-refractivity contribution in [3.63, 3.8) is 0 Å². The van der Waals surface area contributed by atoms with E-state index in [1.165, 1.54) is 14.1 Å². The number of aldehydes is 3. The Hall–Kier alpha value is -8.10. The Morgan fingerprint density at radius 3 is 1.32 bits per heavy atom. The monoisotopic (exact) mass is 1750 g/mol. The number of sulfone groups is 2. The number of carbonyl (C=O) groups is 10. The molecule has 0 heterocycles. The van der Waals surface area contributed by atoms with Crippen LogP contribution in [0.2, 0.25) is 0 Å². The smallest absolute Gasteiger partial charge is 0.243 e. The number of amides is 6. The molecule has 117 heavy (non-hydrogen) atoms. The van der Waals surface area contributed by atoms with Gasteiger partial charge in [-0.25, -0.2) is 56.3 Å². The molecular formula is C75H123N15O22S5. The van der Waals surface area contributed by atoms with Gasteiger partial charge in [-0.05, 0) is 126 Å². The van der Waals surface area contributed by atoms with Gasteiger partial charge in [-0.15, -0.1) is 0 Å². The number of aliphatic imine (C=N–C) groups is 3. The lowest BCUT2D eigenvalue weighted by molar-refractivity contribution is -0.144. The predicted octanol–water partition coefficient (Wildman–Crippen LogP) is -0.526. The average Bonchev–Trinajstić information content (AvgIpc) is 0.734. The summed E-state index contributed by atoms with van der Waals surface area (Å²) in [5.41, 5.74) is 16.2. The van der Waals surface area contributed by atoms with Crippen molar-refractivity contribution in [3.05, 3.63) is 71.8 Å². The minimum absolute atomic E-state index is 0.0963. The van der Waals surface area contributed by atoms with Gasteiger partial charge in [0.05, 0.1) is 77.5 Å². The molecule has 660 valence electrons. The molecule has 2 aromatic carbocycles. The molecule has 15 N–H and O–H groups in total. The molecule has 4 aliphatic carbocycles. The number of ketones is 1. The molecule has 4 fully saturated rings. The number of nitrogens with one attached hydrogen (secondary N) is 7. The maximum absolute atomic E-state index is 13.5. The zero-order chi connectivity index (χ0) is 88.1. The summed E-state index contributed by atoms with van der Waals surface area (Å²) in [6.45, 7) is 9.20. The van der Waals surface area contributed by atoms with Gasteiger partial charge in [0.25, 0.3) is 0 Å². The summed E-state index contributed by atoms with van der Waals surface area (Å²) in [4.78, 5) is 139. The van der Waals surface area contributed by atoms with Crippen molar-refractivity contribution in [1.82, 2.24) is 45.2 Å². The van der Waals surface area contributed by atoms with Gasteiger partial charge in [-0.2, -0.15) is 0 Å². The number of sulfonamides is 3. The van der Waals surface area contributed by atoms with Gasteiger partial charge in [0, 0.05) is 64.5 Å². The first-order valence-electron chi connectivity index (χ1n) is 38.7. The molecule has 0 saturated heterocycles. The molecule has 2 aromatic rings. The molecule has 0 radical (unpaired) electrons. The fourth-order valence-corrected chi connectivity index (χ4v) is 19.8. The summed E-state index contributed by atoms with van der Waals surface area (Å²) in [5.74, 6) is -5.00. The number of benzene rings is 2. The Labute approximate surface area is 688 Å². The number of likely N-dealkylation sites (N-methyl/N-ethyl adjacent to an activating group) is 2. The molecule has 6 rings (SSSR count). The number of aliphatic hydroxyl groups excluding tert-OH is 1. The summed E-state index contributed by atoms with van der Waals surface area (Å²) < 4.78 is 132. The number of nitrogens with zero attached hydrogens (tertiary/aromatic N) is 5. The van der Waals surface area contributed by atoms with Crippen molar-refractivity contribution in [2.24, 2.45) is 54.8 Å². The zero-order valence-corrected chi connectivity index (χ0v) is 72.4. The Morgan fingerprint density at radius 2 is 0.932 bits per heavy atom. The molecule has 4 saturated carbocycles. The van der Waals surface area contributed by atoms with E-state index in [1.54, 1.807) is 81.4 Å². The van der Waals surface area contributed by atoms with Gasteiger partial charge in [0.1, 0.15) is 68.5 Å². The van der Waals surface area contributed by atoms with E-state index in [0.717, 1.165) is 60.8 Å². The third kappa shape index (κ3) is 41.9.